The zero-order chi connectivity index (χ0) is 14.7. The van der Waals surface area contributed by atoms with Crippen LogP contribution in [0.3, 0.4) is 0 Å². The Morgan fingerprint density at radius 2 is 1.23 bits per heavy atom. The number of alkyl halides is 2. The van der Waals surface area contributed by atoms with Crippen LogP contribution < -0.4 is 0 Å². The fourth-order valence-corrected chi connectivity index (χ4v) is 11.6. The van der Waals surface area contributed by atoms with Gasteiger partial charge in [-0.1, -0.05) is 31.9 Å². The molecule has 122 valence electrons. The Kier molecular flexibility index (Phi) is 2.70. The lowest BCUT2D eigenvalue weighted by molar-refractivity contribution is -0.190. The van der Waals surface area contributed by atoms with Crippen LogP contribution in [0.1, 0.15) is 70.6 Å². The molecule has 0 aromatic rings. The molecule has 0 aromatic carbocycles. The number of rotatable bonds is 1. The maximum atomic E-state index is 4.27. The molecule has 0 aliphatic heterocycles. The van der Waals surface area contributed by atoms with Gasteiger partial charge in [-0.15, -0.1) is 0 Å². The average molecular weight is 428 g/mol. The number of hydrogen-bond acceptors (Lipinski definition) is 0. The second-order valence-electron chi connectivity index (χ2n) is 10.6. The SMILES string of the molecule is BrC1C2CC3CC1CC(C14CC5CC(CC(Br)(C5)C1)C4)(C3)C2. The smallest absolute Gasteiger partial charge is 0.0268 e. The van der Waals surface area contributed by atoms with E-state index < -0.39 is 0 Å². The zero-order valence-corrected chi connectivity index (χ0v) is 16.7. The Morgan fingerprint density at radius 1 is 0.636 bits per heavy atom. The van der Waals surface area contributed by atoms with Gasteiger partial charge >= 0.3 is 0 Å². The number of hydrogen-bond donors (Lipinski definition) is 0. The van der Waals surface area contributed by atoms with Crippen LogP contribution in [-0.2, 0) is 0 Å². The first kappa shape index (κ1) is 14.2. The van der Waals surface area contributed by atoms with Gasteiger partial charge in [-0.05, 0) is 111 Å². The van der Waals surface area contributed by atoms with Gasteiger partial charge in [-0.25, -0.2) is 0 Å². The first-order chi connectivity index (χ1) is 10.5. The highest BCUT2D eigenvalue weighted by Gasteiger charge is 2.68. The molecule has 0 amide bonds. The molecule has 22 heavy (non-hydrogen) atoms. The van der Waals surface area contributed by atoms with Crippen LogP contribution in [0.2, 0.25) is 0 Å². The van der Waals surface area contributed by atoms with Gasteiger partial charge in [-0.2, -0.15) is 0 Å². The molecular weight excluding hydrogens is 400 g/mol. The summed E-state index contributed by atoms with van der Waals surface area (Å²) < 4.78 is 0.550. The molecule has 0 N–H and O–H groups in total. The van der Waals surface area contributed by atoms with E-state index in [0.29, 0.717) is 4.32 Å². The minimum absolute atomic E-state index is 0.550. The van der Waals surface area contributed by atoms with Crippen molar-refractivity contribution >= 4 is 31.9 Å². The van der Waals surface area contributed by atoms with Gasteiger partial charge < -0.3 is 0 Å². The number of halogens is 2. The Labute approximate surface area is 151 Å². The van der Waals surface area contributed by atoms with Crippen molar-refractivity contribution in [1.82, 2.24) is 0 Å². The molecule has 4 unspecified atom stereocenters. The molecule has 8 saturated carbocycles. The van der Waals surface area contributed by atoms with E-state index in [9.17, 15) is 0 Å². The summed E-state index contributed by atoms with van der Waals surface area (Å²) >= 11 is 8.39. The predicted octanol–water partition coefficient (Wildman–Crippen LogP) is 6.31. The van der Waals surface area contributed by atoms with Crippen LogP contribution in [-0.4, -0.2) is 9.15 Å². The molecule has 0 nitrogen and oxygen atoms in total. The summed E-state index contributed by atoms with van der Waals surface area (Å²) in [5.41, 5.74) is 1.49. The van der Waals surface area contributed by atoms with Crippen molar-refractivity contribution < 1.29 is 0 Å². The molecule has 0 aromatic heterocycles. The summed E-state index contributed by atoms with van der Waals surface area (Å²) in [7, 11) is 0. The standard InChI is InChI=1S/C20H28Br2/c21-17-15-2-12-3-16(17)10-18(4-12,9-15)19-5-13-1-14(6-19)8-20(22,7-13)11-19/h12-17H,1-11H2. The van der Waals surface area contributed by atoms with E-state index >= 15 is 0 Å². The summed E-state index contributed by atoms with van der Waals surface area (Å²) in [5, 5.41) is 0. The third-order valence-corrected chi connectivity index (χ3v) is 11.7. The molecule has 0 spiro atoms. The van der Waals surface area contributed by atoms with Crippen molar-refractivity contribution in [2.75, 3.05) is 0 Å². The summed E-state index contributed by atoms with van der Waals surface area (Å²) in [4.78, 5) is 0.865. The highest BCUT2D eigenvalue weighted by atomic mass is 79.9. The first-order valence-corrected chi connectivity index (χ1v) is 11.5. The van der Waals surface area contributed by atoms with Crippen LogP contribution in [0.15, 0.2) is 0 Å². The second-order valence-corrected chi connectivity index (χ2v) is 13.3. The third kappa shape index (κ3) is 1.66. The van der Waals surface area contributed by atoms with Crippen molar-refractivity contribution in [3.8, 4) is 0 Å². The van der Waals surface area contributed by atoms with Crippen LogP contribution in [0, 0.1) is 40.4 Å². The van der Waals surface area contributed by atoms with Crippen molar-refractivity contribution in [3.05, 3.63) is 0 Å². The Morgan fingerprint density at radius 3 is 1.82 bits per heavy atom. The zero-order valence-electron chi connectivity index (χ0n) is 13.5. The summed E-state index contributed by atoms with van der Waals surface area (Å²) in [5.74, 6) is 5.25. The monoisotopic (exact) mass is 426 g/mol. The molecule has 8 aliphatic carbocycles. The van der Waals surface area contributed by atoms with Gasteiger partial charge in [0, 0.05) is 9.15 Å². The van der Waals surface area contributed by atoms with E-state index in [2.05, 4.69) is 31.9 Å². The minimum Gasteiger partial charge on any atom is -0.0885 e. The van der Waals surface area contributed by atoms with E-state index in [1.165, 1.54) is 19.3 Å². The summed E-state index contributed by atoms with van der Waals surface area (Å²) in [6, 6.07) is 0. The fourth-order valence-electron chi connectivity index (χ4n) is 9.38. The van der Waals surface area contributed by atoms with E-state index in [4.69, 9.17) is 0 Å². The van der Waals surface area contributed by atoms with Crippen LogP contribution in [0.25, 0.3) is 0 Å². The van der Waals surface area contributed by atoms with Crippen molar-refractivity contribution in [2.45, 2.75) is 79.8 Å². The first-order valence-electron chi connectivity index (χ1n) is 9.81. The molecule has 0 radical (unpaired) electrons. The molecule has 8 aliphatic rings. The third-order valence-electron chi connectivity index (χ3n) is 9.27. The maximum Gasteiger partial charge on any atom is 0.0268 e. The Hall–Kier alpha value is 0.960. The van der Waals surface area contributed by atoms with Crippen molar-refractivity contribution in [1.29, 1.82) is 0 Å². The molecule has 0 heterocycles. The topological polar surface area (TPSA) is 0 Å². The Bertz CT molecular complexity index is 496. The average Bonchev–Trinajstić information content (AvgIpc) is 2.41. The molecule has 8 bridgehead atoms. The van der Waals surface area contributed by atoms with E-state index in [0.717, 1.165) is 45.2 Å². The van der Waals surface area contributed by atoms with Crippen LogP contribution >= 0.6 is 31.9 Å². The van der Waals surface area contributed by atoms with E-state index in [1.807, 2.05) is 0 Å². The Balaban J connectivity index is 1.44. The minimum atomic E-state index is 0.550. The molecule has 8 rings (SSSR count). The highest BCUT2D eigenvalue weighted by molar-refractivity contribution is 9.10. The second kappa shape index (κ2) is 4.19. The summed E-state index contributed by atoms with van der Waals surface area (Å²) in [6.07, 6.45) is 17.2. The molecule has 4 atom stereocenters. The summed E-state index contributed by atoms with van der Waals surface area (Å²) in [6.45, 7) is 0. The van der Waals surface area contributed by atoms with Gasteiger partial charge in [-0.3, -0.25) is 0 Å². The normalized spacial score (nSPS) is 67.9. The maximum absolute atomic E-state index is 4.27. The van der Waals surface area contributed by atoms with Crippen molar-refractivity contribution in [2.24, 2.45) is 40.4 Å². The highest BCUT2D eigenvalue weighted by Crippen LogP contribution is 2.76. The lowest BCUT2D eigenvalue weighted by atomic mass is 9.35. The lowest BCUT2D eigenvalue weighted by Gasteiger charge is -2.72. The molecule has 2 heteroatoms. The van der Waals surface area contributed by atoms with E-state index in [-0.39, 0.29) is 0 Å². The van der Waals surface area contributed by atoms with Crippen LogP contribution in [0.4, 0.5) is 0 Å². The molecule has 0 saturated heterocycles. The quantitative estimate of drug-likeness (QED) is 0.430. The predicted molar refractivity (Wildman–Crippen MR) is 97.5 cm³/mol. The lowest BCUT2D eigenvalue weighted by Crippen LogP contribution is -2.64. The van der Waals surface area contributed by atoms with Crippen molar-refractivity contribution in [3.63, 3.8) is 0 Å². The van der Waals surface area contributed by atoms with Gasteiger partial charge in [0.15, 0.2) is 0 Å². The van der Waals surface area contributed by atoms with E-state index in [1.54, 1.807) is 51.4 Å². The fraction of sp³-hybridized carbons (Fsp3) is 1.00. The van der Waals surface area contributed by atoms with Gasteiger partial charge in [0.2, 0.25) is 0 Å². The van der Waals surface area contributed by atoms with Crippen LogP contribution in [0.5, 0.6) is 0 Å². The molecular formula is C20H28Br2. The van der Waals surface area contributed by atoms with Gasteiger partial charge in [0.05, 0.1) is 0 Å². The molecule has 8 fully saturated rings. The van der Waals surface area contributed by atoms with Gasteiger partial charge in [0.1, 0.15) is 0 Å². The largest absolute Gasteiger partial charge is 0.0885 e. The van der Waals surface area contributed by atoms with Gasteiger partial charge in [0.25, 0.3) is 0 Å².